The molecular weight excluding hydrogens is 458 g/mol. The monoisotopic (exact) mass is 475 g/mol. The molecule has 2 N–H and O–H groups in total. The molecule has 0 saturated heterocycles. The number of nitrogens with one attached hydrogen (secondary N) is 1. The van der Waals surface area contributed by atoms with Crippen molar-refractivity contribution in [3.8, 4) is 21.6 Å². The molecule has 5 aromatic rings. The first-order valence-electron chi connectivity index (χ1n) is 9.91. The summed E-state index contributed by atoms with van der Waals surface area (Å²) < 4.78 is 28.1. The lowest BCUT2D eigenvalue weighted by molar-refractivity contribution is 0.210. The highest BCUT2D eigenvalue weighted by Crippen LogP contribution is 2.44. The van der Waals surface area contributed by atoms with Gasteiger partial charge >= 0.3 is 6.09 Å². The molecule has 0 bridgehead atoms. The molecule has 0 atom stereocenters. The van der Waals surface area contributed by atoms with E-state index in [9.17, 15) is 18.3 Å². The topological polar surface area (TPSA) is 101 Å². The maximum Gasteiger partial charge on any atom is 0.409 e. The van der Waals surface area contributed by atoms with E-state index in [0.717, 1.165) is 16.0 Å². The van der Waals surface area contributed by atoms with Gasteiger partial charge in [-0.1, -0.05) is 48.5 Å². The van der Waals surface area contributed by atoms with Gasteiger partial charge < -0.3 is 5.11 Å². The number of hydrogen-bond donors (Lipinski definition) is 2. The van der Waals surface area contributed by atoms with E-state index in [-0.39, 0.29) is 4.90 Å². The predicted octanol–water partition coefficient (Wildman–Crippen LogP) is 5.76. The molecule has 0 saturated carbocycles. The third-order valence-corrected chi connectivity index (χ3v) is 7.88. The highest BCUT2D eigenvalue weighted by Gasteiger charge is 2.25. The molecule has 3 heterocycles. The second-order valence-electron chi connectivity index (χ2n) is 7.18. The summed E-state index contributed by atoms with van der Waals surface area (Å²) in [4.78, 5) is 16.6. The van der Waals surface area contributed by atoms with Gasteiger partial charge in [-0.2, -0.15) is 0 Å². The van der Waals surface area contributed by atoms with Gasteiger partial charge in [-0.15, -0.1) is 11.3 Å². The number of aromatic nitrogens is 2. The molecule has 0 aliphatic carbocycles. The highest BCUT2D eigenvalue weighted by molar-refractivity contribution is 7.90. The lowest BCUT2D eigenvalue weighted by Gasteiger charge is -2.06. The second-order valence-corrected chi connectivity index (χ2v) is 10.0. The minimum absolute atomic E-state index is 0.154. The molecule has 0 aliphatic heterocycles. The third kappa shape index (κ3) is 3.77. The number of carbonyl (C=O) groups is 1. The van der Waals surface area contributed by atoms with Crippen molar-refractivity contribution in [1.29, 1.82) is 0 Å². The van der Waals surface area contributed by atoms with Gasteiger partial charge in [0.15, 0.2) is 5.65 Å². The van der Waals surface area contributed by atoms with Crippen molar-refractivity contribution in [2.24, 2.45) is 0 Å². The molecule has 0 aliphatic rings. The summed E-state index contributed by atoms with van der Waals surface area (Å²) in [5.41, 5.74) is 2.56. The van der Waals surface area contributed by atoms with E-state index in [2.05, 4.69) is 10.3 Å². The SMILES string of the molecule is O=C(O)Nc1cc(-c2cn(S(=O)(=O)c3ccccc3)c3ncccc23)c(-c2ccccc2)s1. The Kier molecular flexibility index (Phi) is 5.20. The van der Waals surface area contributed by atoms with Gasteiger partial charge in [0.2, 0.25) is 0 Å². The Bertz CT molecular complexity index is 1570. The van der Waals surface area contributed by atoms with Crippen molar-refractivity contribution in [3.05, 3.63) is 91.3 Å². The van der Waals surface area contributed by atoms with Crippen LogP contribution >= 0.6 is 11.3 Å². The van der Waals surface area contributed by atoms with Crippen LogP contribution in [0.15, 0.2) is 96.2 Å². The Hall–Kier alpha value is -3.95. The minimum Gasteiger partial charge on any atom is -0.465 e. The summed E-state index contributed by atoms with van der Waals surface area (Å²) in [6, 6.07) is 23.0. The summed E-state index contributed by atoms with van der Waals surface area (Å²) in [7, 11) is -3.89. The van der Waals surface area contributed by atoms with Gasteiger partial charge in [0.1, 0.15) is 0 Å². The lowest BCUT2D eigenvalue weighted by atomic mass is 10.0. The molecule has 5 rings (SSSR count). The molecular formula is C24H17N3O4S2. The molecule has 7 nitrogen and oxygen atoms in total. The molecule has 0 spiro atoms. The zero-order valence-electron chi connectivity index (χ0n) is 17.0. The number of benzene rings is 2. The first kappa shape index (κ1) is 20.9. The van der Waals surface area contributed by atoms with Gasteiger partial charge in [0.25, 0.3) is 10.0 Å². The summed E-state index contributed by atoms with van der Waals surface area (Å²) in [5.74, 6) is 0. The summed E-state index contributed by atoms with van der Waals surface area (Å²) in [5, 5.41) is 12.7. The number of carboxylic acid groups (broad SMARTS) is 1. The molecule has 33 heavy (non-hydrogen) atoms. The maximum absolute atomic E-state index is 13.4. The molecule has 0 radical (unpaired) electrons. The average molecular weight is 476 g/mol. The largest absolute Gasteiger partial charge is 0.465 e. The zero-order valence-corrected chi connectivity index (χ0v) is 18.7. The van der Waals surface area contributed by atoms with E-state index < -0.39 is 16.1 Å². The van der Waals surface area contributed by atoms with E-state index in [0.29, 0.717) is 21.6 Å². The number of pyridine rings is 1. The van der Waals surface area contributed by atoms with E-state index in [1.54, 1.807) is 54.9 Å². The summed E-state index contributed by atoms with van der Waals surface area (Å²) in [6.45, 7) is 0. The van der Waals surface area contributed by atoms with Crippen molar-refractivity contribution < 1.29 is 18.3 Å². The number of fused-ring (bicyclic) bond motifs is 1. The molecule has 2 aromatic carbocycles. The molecule has 9 heteroatoms. The molecule has 3 aromatic heterocycles. The van der Waals surface area contributed by atoms with Crippen LogP contribution in [0.4, 0.5) is 9.80 Å². The first-order chi connectivity index (χ1) is 15.9. The highest BCUT2D eigenvalue weighted by atomic mass is 32.2. The molecule has 0 fully saturated rings. The summed E-state index contributed by atoms with van der Waals surface area (Å²) >= 11 is 1.29. The van der Waals surface area contributed by atoms with Gasteiger partial charge in [-0.05, 0) is 35.9 Å². The third-order valence-electron chi connectivity index (χ3n) is 5.12. The van der Waals surface area contributed by atoms with Crippen molar-refractivity contribution in [2.45, 2.75) is 4.90 Å². The standard InChI is InChI=1S/C24H17N3O4S2/c28-24(29)26-21-14-19(22(32-21)16-8-3-1-4-9-16)20-15-27(23-18(20)12-7-13-25-23)33(30,31)17-10-5-2-6-11-17/h1-15,26H,(H,28,29). The second kappa shape index (κ2) is 8.19. The number of hydrogen-bond acceptors (Lipinski definition) is 5. The Morgan fingerprint density at radius 2 is 1.64 bits per heavy atom. The number of anilines is 1. The van der Waals surface area contributed by atoms with Crippen molar-refractivity contribution in [3.63, 3.8) is 0 Å². The van der Waals surface area contributed by atoms with Crippen LogP contribution in [-0.2, 0) is 10.0 Å². The van der Waals surface area contributed by atoms with Crippen molar-refractivity contribution in [2.75, 3.05) is 5.32 Å². The quantitative estimate of drug-likeness (QED) is 0.337. The van der Waals surface area contributed by atoms with Gasteiger partial charge in [0, 0.05) is 33.8 Å². The Morgan fingerprint density at radius 1 is 0.939 bits per heavy atom. The molecule has 164 valence electrons. The normalized spacial score (nSPS) is 11.5. The lowest BCUT2D eigenvalue weighted by Crippen LogP contribution is -2.12. The van der Waals surface area contributed by atoms with Gasteiger partial charge in [-0.3, -0.25) is 5.32 Å². The van der Waals surface area contributed by atoms with E-state index in [1.807, 2.05) is 36.4 Å². The fourth-order valence-corrected chi connectivity index (χ4v) is 6.11. The van der Waals surface area contributed by atoms with Crippen LogP contribution in [0, 0.1) is 0 Å². The Balaban J connectivity index is 1.77. The predicted molar refractivity (Wildman–Crippen MR) is 129 cm³/mol. The van der Waals surface area contributed by atoms with Gasteiger partial charge in [0.05, 0.1) is 9.90 Å². The maximum atomic E-state index is 13.4. The van der Waals surface area contributed by atoms with E-state index in [1.165, 1.54) is 15.3 Å². The van der Waals surface area contributed by atoms with Crippen LogP contribution in [-0.4, -0.2) is 28.6 Å². The van der Waals surface area contributed by atoms with Crippen LogP contribution in [0.25, 0.3) is 32.6 Å². The number of amides is 1. The van der Waals surface area contributed by atoms with Crippen LogP contribution in [0.1, 0.15) is 0 Å². The number of thiophene rings is 1. The average Bonchev–Trinajstić information content (AvgIpc) is 3.42. The van der Waals surface area contributed by atoms with Crippen LogP contribution in [0.5, 0.6) is 0 Å². The zero-order chi connectivity index (χ0) is 23.0. The molecule has 1 amide bonds. The number of nitrogens with zero attached hydrogens (tertiary/aromatic N) is 2. The van der Waals surface area contributed by atoms with Crippen molar-refractivity contribution >= 4 is 43.5 Å². The van der Waals surface area contributed by atoms with Crippen LogP contribution in [0.3, 0.4) is 0 Å². The van der Waals surface area contributed by atoms with Crippen LogP contribution < -0.4 is 5.32 Å². The Labute approximate surface area is 193 Å². The number of rotatable bonds is 5. The molecule has 0 unspecified atom stereocenters. The first-order valence-corrected chi connectivity index (χ1v) is 12.2. The van der Waals surface area contributed by atoms with Crippen molar-refractivity contribution in [1.82, 2.24) is 8.96 Å². The van der Waals surface area contributed by atoms with Gasteiger partial charge in [-0.25, -0.2) is 22.2 Å². The van der Waals surface area contributed by atoms with E-state index in [4.69, 9.17) is 0 Å². The summed E-state index contributed by atoms with van der Waals surface area (Å²) in [6.07, 6.45) is 1.93. The van der Waals surface area contributed by atoms with Crippen LogP contribution in [0.2, 0.25) is 0 Å². The smallest absolute Gasteiger partial charge is 0.409 e. The Morgan fingerprint density at radius 3 is 2.33 bits per heavy atom. The van der Waals surface area contributed by atoms with E-state index >= 15 is 0 Å². The fraction of sp³-hybridized carbons (Fsp3) is 0. The fourth-order valence-electron chi connectivity index (χ4n) is 3.70. The minimum atomic E-state index is -3.89.